The third-order valence-electron chi connectivity index (χ3n) is 2.90. The highest BCUT2D eigenvalue weighted by Gasteiger charge is 2.08. The number of H-pyrrole nitrogens is 1. The van der Waals surface area contributed by atoms with Gasteiger partial charge in [-0.3, -0.25) is 5.10 Å². The highest BCUT2D eigenvalue weighted by atomic mass is 32.2. The minimum Gasteiger partial charge on any atom is -0.352 e. The second kappa shape index (κ2) is 7.14. The molecule has 2 heterocycles. The number of benzene rings is 1. The van der Waals surface area contributed by atoms with Crippen LogP contribution in [0, 0.1) is 12.7 Å². The Morgan fingerprint density at radius 2 is 2.13 bits per heavy atom. The van der Waals surface area contributed by atoms with Crippen LogP contribution in [0.4, 0.5) is 10.3 Å². The molecule has 0 saturated carbocycles. The number of aryl methyl sites for hydroxylation is 1. The third kappa shape index (κ3) is 4.01. The van der Waals surface area contributed by atoms with Crippen LogP contribution < -0.4 is 5.32 Å². The van der Waals surface area contributed by atoms with E-state index < -0.39 is 0 Å². The predicted molar refractivity (Wildman–Crippen MR) is 85.6 cm³/mol. The number of hydrogen-bond donors (Lipinski definition) is 2. The van der Waals surface area contributed by atoms with Gasteiger partial charge in [0, 0.05) is 17.9 Å². The number of thioether (sulfide) groups is 1. The minimum absolute atomic E-state index is 0.338. The van der Waals surface area contributed by atoms with Crippen LogP contribution in [0.25, 0.3) is 11.3 Å². The Bertz CT molecular complexity index is 792. The van der Waals surface area contributed by atoms with E-state index in [4.69, 9.17) is 0 Å². The van der Waals surface area contributed by atoms with Gasteiger partial charge in [-0.15, -0.1) is 10.2 Å². The molecule has 2 N–H and O–H groups in total. The van der Waals surface area contributed by atoms with Crippen molar-refractivity contribution < 1.29 is 4.39 Å². The number of rotatable bonds is 6. The van der Waals surface area contributed by atoms with Crippen molar-refractivity contribution in [3.63, 3.8) is 0 Å². The first-order valence-electron chi connectivity index (χ1n) is 6.92. The number of aromatic amines is 1. The largest absolute Gasteiger partial charge is 0.352 e. The maximum Gasteiger partial charge on any atom is 0.243 e. The molecule has 0 saturated heterocycles. The molecule has 0 radical (unpaired) electrons. The van der Waals surface area contributed by atoms with Crippen LogP contribution in [-0.4, -0.2) is 42.7 Å². The molecular weight excluding hydrogens is 317 g/mol. The molecule has 0 aliphatic carbocycles. The molecule has 0 spiro atoms. The van der Waals surface area contributed by atoms with E-state index in [1.54, 1.807) is 18.2 Å². The topological polar surface area (TPSA) is 92.3 Å². The summed E-state index contributed by atoms with van der Waals surface area (Å²) < 4.78 is 13.8. The van der Waals surface area contributed by atoms with Crippen molar-refractivity contribution in [2.24, 2.45) is 0 Å². The Labute approximate surface area is 136 Å². The number of hydrogen-bond acceptors (Lipinski definition) is 7. The SMILES string of the molecule is Cc1nc(SCCNc2nncc(-c3ccccc3F)n2)n[nH]1. The van der Waals surface area contributed by atoms with E-state index in [0.717, 1.165) is 11.6 Å². The molecule has 7 nitrogen and oxygen atoms in total. The Morgan fingerprint density at radius 1 is 1.26 bits per heavy atom. The molecule has 118 valence electrons. The molecule has 23 heavy (non-hydrogen) atoms. The van der Waals surface area contributed by atoms with Gasteiger partial charge in [0.1, 0.15) is 11.6 Å². The number of anilines is 1. The molecule has 0 aliphatic rings. The molecule has 0 aliphatic heterocycles. The van der Waals surface area contributed by atoms with E-state index in [0.29, 0.717) is 28.9 Å². The van der Waals surface area contributed by atoms with Crippen molar-refractivity contribution in [2.45, 2.75) is 12.1 Å². The summed E-state index contributed by atoms with van der Waals surface area (Å²) in [7, 11) is 0. The zero-order valence-electron chi connectivity index (χ0n) is 12.3. The summed E-state index contributed by atoms with van der Waals surface area (Å²) in [6, 6.07) is 6.43. The first-order valence-corrected chi connectivity index (χ1v) is 7.91. The fourth-order valence-corrected chi connectivity index (χ4v) is 2.57. The summed E-state index contributed by atoms with van der Waals surface area (Å²) in [5.41, 5.74) is 0.842. The average Bonchev–Trinajstić information content (AvgIpc) is 2.98. The maximum absolute atomic E-state index is 13.8. The van der Waals surface area contributed by atoms with Gasteiger partial charge < -0.3 is 5.32 Å². The van der Waals surface area contributed by atoms with Gasteiger partial charge in [0.2, 0.25) is 11.1 Å². The molecule has 0 atom stereocenters. The Morgan fingerprint density at radius 3 is 2.91 bits per heavy atom. The van der Waals surface area contributed by atoms with E-state index >= 15 is 0 Å². The lowest BCUT2D eigenvalue weighted by Gasteiger charge is -2.05. The normalized spacial score (nSPS) is 10.7. The van der Waals surface area contributed by atoms with Crippen molar-refractivity contribution in [1.29, 1.82) is 0 Å². The summed E-state index contributed by atoms with van der Waals surface area (Å²) in [6.07, 6.45) is 1.44. The first kappa shape index (κ1) is 15.3. The summed E-state index contributed by atoms with van der Waals surface area (Å²) >= 11 is 1.51. The van der Waals surface area contributed by atoms with Gasteiger partial charge in [-0.25, -0.2) is 14.4 Å². The second-order valence-electron chi connectivity index (χ2n) is 4.62. The third-order valence-corrected chi connectivity index (χ3v) is 3.75. The zero-order valence-corrected chi connectivity index (χ0v) is 13.1. The van der Waals surface area contributed by atoms with Gasteiger partial charge >= 0.3 is 0 Å². The molecule has 0 bridgehead atoms. The molecule has 2 aromatic heterocycles. The maximum atomic E-state index is 13.8. The smallest absolute Gasteiger partial charge is 0.243 e. The fraction of sp³-hybridized carbons (Fsp3) is 0.214. The number of nitrogens with zero attached hydrogens (tertiary/aromatic N) is 5. The van der Waals surface area contributed by atoms with E-state index in [2.05, 4.69) is 35.7 Å². The molecule has 3 aromatic rings. The monoisotopic (exact) mass is 331 g/mol. The fourth-order valence-electron chi connectivity index (χ4n) is 1.87. The quantitative estimate of drug-likeness (QED) is 0.529. The predicted octanol–water partition coefficient (Wildman–Crippen LogP) is 2.31. The van der Waals surface area contributed by atoms with Crippen LogP contribution in [0.5, 0.6) is 0 Å². The zero-order chi connectivity index (χ0) is 16.1. The van der Waals surface area contributed by atoms with Gasteiger partial charge in [0.05, 0.1) is 11.9 Å². The van der Waals surface area contributed by atoms with Crippen LogP contribution in [0.3, 0.4) is 0 Å². The Kier molecular flexibility index (Phi) is 4.77. The highest BCUT2D eigenvalue weighted by Crippen LogP contribution is 2.20. The number of halogens is 1. The summed E-state index contributed by atoms with van der Waals surface area (Å²) in [5.74, 6) is 1.54. The molecule has 0 fully saturated rings. The highest BCUT2D eigenvalue weighted by molar-refractivity contribution is 7.99. The van der Waals surface area contributed by atoms with E-state index in [9.17, 15) is 4.39 Å². The van der Waals surface area contributed by atoms with Crippen molar-refractivity contribution in [3.05, 3.63) is 42.1 Å². The molecule has 1 aromatic carbocycles. The molecule has 3 rings (SSSR count). The lowest BCUT2D eigenvalue weighted by atomic mass is 10.1. The van der Waals surface area contributed by atoms with Crippen molar-refractivity contribution in [2.75, 3.05) is 17.6 Å². The summed E-state index contributed by atoms with van der Waals surface area (Å²) in [6.45, 7) is 2.46. The number of nitrogens with one attached hydrogen (secondary N) is 2. The van der Waals surface area contributed by atoms with Crippen LogP contribution in [0.2, 0.25) is 0 Å². The van der Waals surface area contributed by atoms with Gasteiger partial charge in [-0.1, -0.05) is 23.9 Å². The van der Waals surface area contributed by atoms with Crippen molar-refractivity contribution in [1.82, 2.24) is 30.4 Å². The van der Waals surface area contributed by atoms with Crippen molar-refractivity contribution in [3.8, 4) is 11.3 Å². The number of aromatic nitrogens is 6. The standard InChI is InChI=1S/C14H14FN7S/c1-9-18-14(22-20-9)23-7-6-16-13-19-12(8-17-21-13)10-4-2-3-5-11(10)15/h2-5,8H,6-7H2,1H3,(H,16,19,21)(H,18,20,22). The van der Waals surface area contributed by atoms with E-state index in [-0.39, 0.29) is 5.82 Å². The van der Waals surface area contributed by atoms with E-state index in [1.807, 2.05) is 6.92 Å². The van der Waals surface area contributed by atoms with Crippen LogP contribution in [0.15, 0.2) is 35.6 Å². The van der Waals surface area contributed by atoms with Crippen LogP contribution in [-0.2, 0) is 0 Å². The Hall–Kier alpha value is -2.55. The molecule has 9 heteroatoms. The Balaban J connectivity index is 1.59. The van der Waals surface area contributed by atoms with Gasteiger partial charge in [0.15, 0.2) is 0 Å². The molecular formula is C14H14FN7S. The summed E-state index contributed by atoms with van der Waals surface area (Å²) in [4.78, 5) is 8.48. The first-order chi connectivity index (χ1) is 11.2. The molecule has 0 unspecified atom stereocenters. The van der Waals surface area contributed by atoms with Crippen LogP contribution in [0.1, 0.15) is 5.82 Å². The lowest BCUT2D eigenvalue weighted by Crippen LogP contribution is -2.09. The average molecular weight is 331 g/mol. The molecule has 0 amide bonds. The van der Waals surface area contributed by atoms with E-state index in [1.165, 1.54) is 24.0 Å². The van der Waals surface area contributed by atoms with Gasteiger partial charge in [-0.2, -0.15) is 5.10 Å². The lowest BCUT2D eigenvalue weighted by molar-refractivity contribution is 0.630. The van der Waals surface area contributed by atoms with Gasteiger partial charge in [-0.05, 0) is 19.1 Å². The second-order valence-corrected chi connectivity index (χ2v) is 5.69. The van der Waals surface area contributed by atoms with Crippen molar-refractivity contribution >= 4 is 17.7 Å². The van der Waals surface area contributed by atoms with Crippen LogP contribution >= 0.6 is 11.8 Å². The summed E-state index contributed by atoms with van der Waals surface area (Å²) in [5, 5.41) is 18.3. The van der Waals surface area contributed by atoms with Gasteiger partial charge in [0.25, 0.3) is 0 Å². The minimum atomic E-state index is -0.338.